The highest BCUT2D eigenvalue weighted by Crippen LogP contribution is 1.89. The van der Waals surface area contributed by atoms with Crippen LogP contribution in [0.4, 0.5) is 0 Å². The van der Waals surface area contributed by atoms with Crippen molar-refractivity contribution in [1.82, 2.24) is 0 Å². The summed E-state index contributed by atoms with van der Waals surface area (Å²) in [7, 11) is 0. The summed E-state index contributed by atoms with van der Waals surface area (Å²) < 4.78 is 0. The number of carboxylic acids is 2. The molecule has 0 rings (SSSR count). The van der Waals surface area contributed by atoms with Crippen LogP contribution in [0.5, 0.6) is 0 Å². The molecule has 0 aromatic rings. The lowest BCUT2D eigenvalue weighted by atomic mass is 10.3. The second-order valence-electron chi connectivity index (χ2n) is 1.49. The minimum Gasteiger partial charge on any atom is -0.479 e. The van der Waals surface area contributed by atoms with Gasteiger partial charge in [0.2, 0.25) is 6.04 Å². The zero-order chi connectivity index (χ0) is 8.15. The van der Waals surface area contributed by atoms with Gasteiger partial charge in [0.15, 0.2) is 0 Å². The Hall–Kier alpha value is -1.39. The van der Waals surface area contributed by atoms with Crippen molar-refractivity contribution < 1.29 is 19.8 Å². The zero-order valence-electron chi connectivity index (χ0n) is 5.31. The maximum atomic E-state index is 10.0. The first-order valence-electron chi connectivity index (χ1n) is 2.53. The van der Waals surface area contributed by atoms with Crippen LogP contribution in [-0.2, 0) is 9.59 Å². The van der Waals surface area contributed by atoms with Gasteiger partial charge in [-0.25, -0.2) is 9.59 Å². The van der Waals surface area contributed by atoms with E-state index in [9.17, 15) is 9.59 Å². The average Bonchev–Trinajstić information content (AvgIpc) is 1.81. The summed E-state index contributed by atoms with van der Waals surface area (Å²) in [5.41, 5.74) is 0. The van der Waals surface area contributed by atoms with Gasteiger partial charge in [-0.3, -0.25) is 4.99 Å². The molecule has 2 N–H and O–H groups in total. The van der Waals surface area contributed by atoms with Crippen LogP contribution >= 0.6 is 0 Å². The number of hydrogen-bond donors (Lipinski definition) is 2. The molecular weight excluding hydrogens is 138 g/mol. The summed E-state index contributed by atoms with van der Waals surface area (Å²) >= 11 is 0. The molecule has 0 bridgehead atoms. The predicted molar refractivity (Wildman–Crippen MR) is 33.2 cm³/mol. The van der Waals surface area contributed by atoms with E-state index in [0.717, 1.165) is 6.21 Å². The van der Waals surface area contributed by atoms with Gasteiger partial charge in [-0.05, 0) is 13.1 Å². The molecule has 0 spiro atoms. The van der Waals surface area contributed by atoms with Gasteiger partial charge >= 0.3 is 11.9 Å². The monoisotopic (exact) mass is 145 g/mol. The van der Waals surface area contributed by atoms with Crippen molar-refractivity contribution in [3.8, 4) is 0 Å². The standard InChI is InChI=1S/C5H7NO4/c1-2-6-3(4(7)8)5(9)10/h2-3H,1H3,(H,7,8)(H,9,10). The lowest BCUT2D eigenvalue weighted by molar-refractivity contribution is -0.149. The Morgan fingerprint density at radius 3 is 1.90 bits per heavy atom. The van der Waals surface area contributed by atoms with Gasteiger partial charge in [-0.15, -0.1) is 0 Å². The fourth-order valence-corrected chi connectivity index (χ4v) is 0.382. The maximum Gasteiger partial charge on any atom is 0.340 e. The summed E-state index contributed by atoms with van der Waals surface area (Å²) in [6.07, 6.45) is 1.15. The summed E-state index contributed by atoms with van der Waals surface area (Å²) in [5, 5.41) is 16.4. The number of rotatable bonds is 3. The number of carbonyl (C=O) groups is 2. The van der Waals surface area contributed by atoms with Crippen molar-refractivity contribution in [1.29, 1.82) is 0 Å². The fourth-order valence-electron chi connectivity index (χ4n) is 0.382. The quantitative estimate of drug-likeness (QED) is 0.418. The van der Waals surface area contributed by atoms with E-state index >= 15 is 0 Å². The molecule has 0 unspecified atom stereocenters. The van der Waals surface area contributed by atoms with Gasteiger partial charge in [0, 0.05) is 0 Å². The molecule has 0 radical (unpaired) electrons. The highest BCUT2D eigenvalue weighted by molar-refractivity contribution is 5.98. The molecule has 0 atom stereocenters. The van der Waals surface area contributed by atoms with E-state index in [0.29, 0.717) is 0 Å². The van der Waals surface area contributed by atoms with E-state index in [1.54, 1.807) is 0 Å². The highest BCUT2D eigenvalue weighted by atomic mass is 16.4. The third-order valence-electron chi connectivity index (χ3n) is 0.766. The molecule has 0 saturated carbocycles. The number of carboxylic acid groups (broad SMARTS) is 2. The van der Waals surface area contributed by atoms with Crippen LogP contribution in [0.2, 0.25) is 0 Å². The summed E-state index contributed by atoms with van der Waals surface area (Å²) in [6.45, 7) is 1.46. The molecule has 0 aliphatic heterocycles. The van der Waals surface area contributed by atoms with Crippen molar-refractivity contribution >= 4 is 18.2 Å². The summed E-state index contributed by atoms with van der Waals surface area (Å²) in [5.74, 6) is -2.91. The van der Waals surface area contributed by atoms with E-state index in [-0.39, 0.29) is 0 Å². The van der Waals surface area contributed by atoms with E-state index in [1.165, 1.54) is 6.92 Å². The van der Waals surface area contributed by atoms with Gasteiger partial charge in [0.05, 0.1) is 0 Å². The minimum absolute atomic E-state index is 1.15. The number of aliphatic imine (C=N–C) groups is 1. The SMILES string of the molecule is CC=NC(C(=O)O)C(=O)O. The summed E-state index contributed by atoms with van der Waals surface area (Å²) in [4.78, 5) is 23.3. The molecule has 5 nitrogen and oxygen atoms in total. The van der Waals surface area contributed by atoms with Crippen molar-refractivity contribution in [3.05, 3.63) is 0 Å². The molecule has 0 fully saturated rings. The zero-order valence-corrected chi connectivity index (χ0v) is 5.31. The molecule has 0 heterocycles. The second kappa shape index (κ2) is 3.60. The maximum absolute atomic E-state index is 10.0. The van der Waals surface area contributed by atoms with Crippen molar-refractivity contribution in [2.75, 3.05) is 0 Å². The van der Waals surface area contributed by atoms with Crippen LogP contribution < -0.4 is 0 Å². The first-order chi connectivity index (χ1) is 4.59. The van der Waals surface area contributed by atoms with Crippen LogP contribution in [0.25, 0.3) is 0 Å². The van der Waals surface area contributed by atoms with Crippen LogP contribution in [0.15, 0.2) is 4.99 Å². The number of hydrogen-bond acceptors (Lipinski definition) is 3. The van der Waals surface area contributed by atoms with Gasteiger partial charge in [-0.1, -0.05) is 0 Å². The lowest BCUT2D eigenvalue weighted by Crippen LogP contribution is -2.27. The molecule has 0 aromatic carbocycles. The van der Waals surface area contributed by atoms with E-state index in [1.807, 2.05) is 0 Å². The molecule has 0 saturated heterocycles. The Kier molecular flexibility index (Phi) is 3.10. The molecule has 0 aliphatic carbocycles. The summed E-state index contributed by atoms with van der Waals surface area (Å²) in [6, 6.07) is -1.66. The molecule has 0 aliphatic rings. The Labute approximate surface area is 57.0 Å². The molecular formula is C5H7NO4. The van der Waals surface area contributed by atoms with Gasteiger partial charge < -0.3 is 10.2 Å². The van der Waals surface area contributed by atoms with Gasteiger partial charge in [0.1, 0.15) is 0 Å². The Balaban J connectivity index is 4.27. The Morgan fingerprint density at radius 1 is 1.40 bits per heavy atom. The Morgan fingerprint density at radius 2 is 1.80 bits per heavy atom. The number of aliphatic carboxylic acids is 2. The van der Waals surface area contributed by atoms with E-state index in [4.69, 9.17) is 10.2 Å². The third kappa shape index (κ3) is 2.25. The third-order valence-corrected chi connectivity index (χ3v) is 0.766. The molecule has 0 aromatic heterocycles. The first kappa shape index (κ1) is 8.61. The predicted octanol–water partition coefficient (Wildman–Crippen LogP) is -0.385. The largest absolute Gasteiger partial charge is 0.479 e. The normalized spacial score (nSPS) is 10.6. The first-order valence-corrected chi connectivity index (χ1v) is 2.53. The minimum atomic E-state index is -1.66. The van der Waals surface area contributed by atoms with Crippen LogP contribution in [-0.4, -0.2) is 34.4 Å². The molecule has 5 heteroatoms. The fraction of sp³-hybridized carbons (Fsp3) is 0.400. The van der Waals surface area contributed by atoms with Gasteiger partial charge in [-0.2, -0.15) is 0 Å². The average molecular weight is 145 g/mol. The topological polar surface area (TPSA) is 87.0 Å². The Bertz CT molecular complexity index is 160. The second-order valence-corrected chi connectivity index (χ2v) is 1.49. The lowest BCUT2D eigenvalue weighted by Gasteiger charge is -1.97. The van der Waals surface area contributed by atoms with E-state index in [2.05, 4.69) is 4.99 Å². The highest BCUT2D eigenvalue weighted by Gasteiger charge is 2.23. The van der Waals surface area contributed by atoms with E-state index < -0.39 is 18.0 Å². The van der Waals surface area contributed by atoms with Crippen LogP contribution in [0.3, 0.4) is 0 Å². The smallest absolute Gasteiger partial charge is 0.340 e. The van der Waals surface area contributed by atoms with Crippen LogP contribution in [0, 0.1) is 0 Å². The molecule has 56 valence electrons. The molecule has 10 heavy (non-hydrogen) atoms. The van der Waals surface area contributed by atoms with Crippen molar-refractivity contribution in [2.24, 2.45) is 4.99 Å². The van der Waals surface area contributed by atoms with Crippen LogP contribution in [0.1, 0.15) is 6.92 Å². The van der Waals surface area contributed by atoms with Crippen molar-refractivity contribution in [3.63, 3.8) is 0 Å². The number of nitrogens with zero attached hydrogens (tertiary/aromatic N) is 1. The molecule has 0 amide bonds. The van der Waals surface area contributed by atoms with Crippen molar-refractivity contribution in [2.45, 2.75) is 13.0 Å². The van der Waals surface area contributed by atoms with Gasteiger partial charge in [0.25, 0.3) is 0 Å².